The fourth-order valence-corrected chi connectivity index (χ4v) is 9.51. The van der Waals surface area contributed by atoms with E-state index in [2.05, 4.69) is 43.5 Å². The minimum Gasteiger partial charge on any atom is -0.488 e. The van der Waals surface area contributed by atoms with Crippen LogP contribution in [-0.4, -0.2) is 100 Å². The van der Waals surface area contributed by atoms with Gasteiger partial charge in [-0.05, 0) is 77.1 Å². The summed E-state index contributed by atoms with van der Waals surface area (Å²) in [5.74, 6) is 0.521. The van der Waals surface area contributed by atoms with Gasteiger partial charge in [0.15, 0.2) is 0 Å². The molecule has 4 N–H and O–H groups in total. The van der Waals surface area contributed by atoms with Crippen LogP contribution in [0.1, 0.15) is 74.0 Å². The van der Waals surface area contributed by atoms with Crippen LogP contribution in [0.5, 0.6) is 5.75 Å². The van der Waals surface area contributed by atoms with Crippen molar-refractivity contribution in [1.82, 2.24) is 40.4 Å². The molecule has 0 unspecified atom stereocenters. The second-order valence-electron chi connectivity index (χ2n) is 17.2. The molecule has 0 spiro atoms. The molecule has 66 heavy (non-hydrogen) atoms. The first kappa shape index (κ1) is 44.1. The van der Waals surface area contributed by atoms with Crippen LogP contribution in [0.3, 0.4) is 0 Å². The van der Waals surface area contributed by atoms with Gasteiger partial charge < -0.3 is 49.3 Å². The molecule has 18 heteroatoms. The van der Waals surface area contributed by atoms with Crippen molar-refractivity contribution in [2.75, 3.05) is 33.9 Å². The molecule has 0 aliphatic carbocycles. The van der Waals surface area contributed by atoms with Gasteiger partial charge in [0, 0.05) is 30.0 Å². The third-order valence-electron chi connectivity index (χ3n) is 12.8. The highest BCUT2D eigenvalue weighted by atomic mass is 19.3. The normalized spacial score (nSPS) is 18.8. The molecule has 3 aliphatic rings. The van der Waals surface area contributed by atoms with Crippen molar-refractivity contribution in [3.8, 4) is 28.1 Å². The standard InChI is InChI=1S/C48H50F2N8O8/c1-25(2)39(55-47(61)63-3)44(59)58-22-26(23-66-46(49)50)17-37(58)43-52-34-15-13-28-19-33-31-14-12-29(18-30(31)24-65-38(33)20-32(28)41(34)54-43)35-21-51-42(53-35)36-11-8-16-57(36)45(60)40(56-48(62)64-4)27-9-6-5-7-10-27/h5-7,9-10,12-15,18-21,25-26,36-37,39-40,46H,8,11,16-17,22-24H2,1-4H3,(H,51,53)(H,52,54)(H,55,61)(H,56,62)/t26-,36-,37-,39-,40+/m0/s1. The monoisotopic (exact) mass is 904 g/mol. The molecule has 2 fully saturated rings. The number of hydrogen-bond acceptors (Lipinski definition) is 10. The number of rotatable bonds is 12. The number of carbonyl (C=O) groups excluding carboxylic acids is 4. The lowest BCUT2D eigenvalue weighted by Crippen LogP contribution is -2.51. The zero-order valence-electron chi connectivity index (χ0n) is 36.8. The highest BCUT2D eigenvalue weighted by Crippen LogP contribution is 2.44. The van der Waals surface area contributed by atoms with Crippen LogP contribution < -0.4 is 15.4 Å². The maximum absolute atomic E-state index is 14.1. The summed E-state index contributed by atoms with van der Waals surface area (Å²) < 4.78 is 46.9. The minimum atomic E-state index is -2.95. The molecule has 5 atom stereocenters. The number of methoxy groups -OCH3 is 2. The highest BCUT2D eigenvalue weighted by Gasteiger charge is 2.42. The van der Waals surface area contributed by atoms with E-state index in [9.17, 15) is 28.0 Å². The summed E-state index contributed by atoms with van der Waals surface area (Å²) >= 11 is 0. The van der Waals surface area contributed by atoms with E-state index in [1.807, 2.05) is 42.5 Å². The van der Waals surface area contributed by atoms with E-state index in [0.29, 0.717) is 54.5 Å². The third kappa shape index (κ3) is 8.59. The Morgan fingerprint density at radius 2 is 1.67 bits per heavy atom. The molecule has 3 aliphatic heterocycles. The quantitative estimate of drug-likeness (QED) is 0.0937. The van der Waals surface area contributed by atoms with Gasteiger partial charge in [-0.1, -0.05) is 62.4 Å². The number of hydrogen-bond donors (Lipinski definition) is 4. The van der Waals surface area contributed by atoms with Crippen LogP contribution in [-0.2, 0) is 30.4 Å². The Kier molecular flexibility index (Phi) is 12.3. The zero-order chi connectivity index (χ0) is 46.2. The van der Waals surface area contributed by atoms with Crippen LogP contribution >= 0.6 is 0 Å². The van der Waals surface area contributed by atoms with Gasteiger partial charge in [-0.25, -0.2) is 19.6 Å². The van der Waals surface area contributed by atoms with Crippen molar-refractivity contribution >= 4 is 45.8 Å². The number of alkyl halides is 2. The average molecular weight is 905 g/mol. The lowest BCUT2D eigenvalue weighted by atomic mass is 9.92. The average Bonchev–Trinajstić information content (AvgIpc) is 4.17. The van der Waals surface area contributed by atoms with E-state index in [4.69, 9.17) is 24.2 Å². The summed E-state index contributed by atoms with van der Waals surface area (Å²) in [5.41, 5.74) is 6.65. The third-order valence-corrected chi connectivity index (χ3v) is 12.8. The number of H-pyrrole nitrogens is 2. The van der Waals surface area contributed by atoms with Gasteiger partial charge in [0.25, 0.3) is 5.91 Å². The minimum absolute atomic E-state index is 0.136. The van der Waals surface area contributed by atoms with Gasteiger partial charge in [0.2, 0.25) is 5.91 Å². The van der Waals surface area contributed by atoms with E-state index in [1.165, 1.54) is 14.2 Å². The van der Waals surface area contributed by atoms with Gasteiger partial charge in [-0.3, -0.25) is 9.59 Å². The molecule has 0 radical (unpaired) electrons. The van der Waals surface area contributed by atoms with E-state index in [0.717, 1.165) is 50.7 Å². The van der Waals surface area contributed by atoms with Crippen molar-refractivity contribution in [3.63, 3.8) is 0 Å². The van der Waals surface area contributed by atoms with Crippen molar-refractivity contribution < 1.29 is 46.9 Å². The summed E-state index contributed by atoms with van der Waals surface area (Å²) in [5, 5.41) is 7.11. The molecule has 6 aromatic rings. The number of aromatic amines is 2. The topological polar surface area (TPSA) is 193 Å². The number of alkyl carbamates (subject to hydrolysis) is 2. The van der Waals surface area contributed by atoms with Crippen LogP contribution in [0, 0.1) is 11.8 Å². The number of benzene rings is 4. The largest absolute Gasteiger partial charge is 0.488 e. The molecule has 9 rings (SSSR count). The summed E-state index contributed by atoms with van der Waals surface area (Å²) in [6, 6.07) is 20.5. The summed E-state index contributed by atoms with van der Waals surface area (Å²) in [6.07, 6.45) is 2.14. The Bertz CT molecular complexity index is 2800. The first-order valence-electron chi connectivity index (χ1n) is 21.9. The van der Waals surface area contributed by atoms with E-state index < -0.39 is 42.8 Å². The Morgan fingerprint density at radius 3 is 2.42 bits per heavy atom. The molecule has 16 nitrogen and oxygen atoms in total. The van der Waals surface area contributed by atoms with Crippen molar-refractivity contribution in [3.05, 3.63) is 102 Å². The smallest absolute Gasteiger partial charge is 0.407 e. The van der Waals surface area contributed by atoms with Gasteiger partial charge in [-0.15, -0.1) is 0 Å². The number of imidazole rings is 2. The molecular weight excluding hydrogens is 855 g/mol. The summed E-state index contributed by atoms with van der Waals surface area (Å²) in [6.45, 7) is 1.37. The summed E-state index contributed by atoms with van der Waals surface area (Å²) in [4.78, 5) is 72.5. The lowest BCUT2D eigenvalue weighted by Gasteiger charge is -2.30. The molecule has 4 amide bonds. The van der Waals surface area contributed by atoms with Crippen LogP contribution in [0.15, 0.2) is 79.0 Å². The summed E-state index contributed by atoms with van der Waals surface area (Å²) in [7, 11) is 2.48. The fraction of sp³-hybridized carbons (Fsp3) is 0.375. The fourth-order valence-electron chi connectivity index (χ4n) is 9.51. The molecular formula is C48H50F2N8O8. The number of halogens is 2. The number of amides is 4. The number of likely N-dealkylation sites (tertiary alicyclic amines) is 2. The van der Waals surface area contributed by atoms with Crippen molar-refractivity contribution in [2.24, 2.45) is 11.8 Å². The Labute approximate surface area is 378 Å². The number of nitrogens with zero attached hydrogens (tertiary/aromatic N) is 4. The molecule has 4 aromatic carbocycles. The highest BCUT2D eigenvalue weighted by molar-refractivity contribution is 6.07. The Morgan fingerprint density at radius 1 is 0.879 bits per heavy atom. The SMILES string of the molecule is COC(=O)N[C@H](C(=O)N1C[C@@H](COC(F)F)C[C@H]1c1nc2ccc3cc4c(cc3c2[nH]1)OCc1cc(-c2cnc([C@@H]3CCCN3C(=O)[C@H](NC(=O)OC)c3ccccc3)[nH]2)ccc1-4)C(C)C. The number of aromatic nitrogens is 4. The van der Waals surface area contributed by atoms with E-state index in [-0.39, 0.29) is 36.9 Å². The van der Waals surface area contributed by atoms with Gasteiger partial charge in [0.1, 0.15) is 36.1 Å². The van der Waals surface area contributed by atoms with Crippen molar-refractivity contribution in [1.29, 1.82) is 0 Å². The maximum Gasteiger partial charge on any atom is 0.407 e. The Balaban J connectivity index is 0.967. The molecule has 0 saturated carbocycles. The second-order valence-corrected chi connectivity index (χ2v) is 17.2. The Hall–Kier alpha value is -7.08. The molecule has 2 saturated heterocycles. The molecule has 0 bridgehead atoms. The first-order valence-corrected chi connectivity index (χ1v) is 21.9. The lowest BCUT2D eigenvalue weighted by molar-refractivity contribution is -0.139. The van der Waals surface area contributed by atoms with Crippen LogP contribution in [0.25, 0.3) is 44.2 Å². The van der Waals surface area contributed by atoms with Crippen molar-refractivity contribution in [2.45, 2.75) is 70.5 Å². The van der Waals surface area contributed by atoms with Crippen LogP contribution in [0.2, 0.25) is 0 Å². The molecule has 5 heterocycles. The number of ether oxygens (including phenoxy) is 4. The van der Waals surface area contributed by atoms with Gasteiger partial charge in [-0.2, -0.15) is 8.78 Å². The molecule has 2 aromatic heterocycles. The first-order chi connectivity index (χ1) is 31.9. The number of fused-ring (bicyclic) bond motifs is 6. The number of carbonyl (C=O) groups is 4. The zero-order valence-corrected chi connectivity index (χ0v) is 36.8. The van der Waals surface area contributed by atoms with E-state index >= 15 is 0 Å². The number of nitrogens with one attached hydrogen (secondary N) is 4. The van der Waals surface area contributed by atoms with Crippen LogP contribution in [0.4, 0.5) is 18.4 Å². The molecule has 344 valence electrons. The second kappa shape index (κ2) is 18.4. The predicted molar refractivity (Wildman–Crippen MR) is 238 cm³/mol. The van der Waals surface area contributed by atoms with Gasteiger partial charge >= 0.3 is 18.8 Å². The maximum atomic E-state index is 14.1. The van der Waals surface area contributed by atoms with Gasteiger partial charge in [0.05, 0.1) is 55.8 Å². The predicted octanol–water partition coefficient (Wildman–Crippen LogP) is 7.94. The van der Waals surface area contributed by atoms with E-state index in [1.54, 1.807) is 42.0 Å².